The summed E-state index contributed by atoms with van der Waals surface area (Å²) in [6, 6.07) is 7.60. The molecule has 23 heavy (non-hydrogen) atoms. The summed E-state index contributed by atoms with van der Waals surface area (Å²) in [7, 11) is 0. The number of likely N-dealkylation sites (tertiary alicyclic amines) is 1. The lowest BCUT2D eigenvalue weighted by Crippen LogP contribution is -2.35. The van der Waals surface area contributed by atoms with Gasteiger partial charge in [0, 0.05) is 19.3 Å². The van der Waals surface area contributed by atoms with Crippen molar-refractivity contribution in [2.75, 3.05) is 11.9 Å². The quantitative estimate of drug-likeness (QED) is 0.914. The predicted molar refractivity (Wildman–Crippen MR) is 91.8 cm³/mol. The van der Waals surface area contributed by atoms with Crippen LogP contribution in [0.2, 0.25) is 5.02 Å². The molecule has 0 spiro atoms. The lowest BCUT2D eigenvalue weighted by Gasteiger charge is -2.25. The average molecular weight is 333 g/mol. The molecule has 1 aromatic heterocycles. The number of halogens is 1. The number of nitrogens with one attached hydrogen (secondary N) is 1. The van der Waals surface area contributed by atoms with Gasteiger partial charge in [0.05, 0.1) is 22.4 Å². The number of carbonyl (C=O) groups excluding carboxylic acids is 1. The van der Waals surface area contributed by atoms with Gasteiger partial charge < -0.3 is 10.2 Å². The molecule has 1 unspecified atom stereocenters. The molecule has 2 heterocycles. The van der Waals surface area contributed by atoms with Crippen LogP contribution in [0.4, 0.5) is 10.5 Å². The zero-order valence-corrected chi connectivity index (χ0v) is 14.2. The van der Waals surface area contributed by atoms with E-state index in [0.29, 0.717) is 10.7 Å². The maximum atomic E-state index is 12.7. The van der Waals surface area contributed by atoms with Crippen LogP contribution in [0.5, 0.6) is 0 Å². The molecule has 1 saturated heterocycles. The van der Waals surface area contributed by atoms with Gasteiger partial charge in [0.25, 0.3) is 0 Å². The second kappa shape index (κ2) is 6.62. The molecule has 2 amide bonds. The van der Waals surface area contributed by atoms with Crippen molar-refractivity contribution in [3.63, 3.8) is 0 Å². The third kappa shape index (κ3) is 3.20. The SMILES string of the molecule is CCn1nccc1C1CCCN1C(=O)Nc1ccc(C)cc1Cl. The van der Waals surface area contributed by atoms with E-state index in [4.69, 9.17) is 11.6 Å². The van der Waals surface area contributed by atoms with Crippen molar-refractivity contribution < 1.29 is 4.79 Å². The molecule has 1 aliphatic heterocycles. The Hall–Kier alpha value is -2.01. The smallest absolute Gasteiger partial charge is 0.316 e. The van der Waals surface area contributed by atoms with Gasteiger partial charge in [0.1, 0.15) is 0 Å². The maximum absolute atomic E-state index is 12.7. The van der Waals surface area contributed by atoms with E-state index in [9.17, 15) is 4.79 Å². The maximum Gasteiger partial charge on any atom is 0.322 e. The predicted octanol–water partition coefficient (Wildman–Crippen LogP) is 4.23. The number of carbonyl (C=O) groups is 1. The lowest BCUT2D eigenvalue weighted by atomic mass is 10.1. The first-order valence-corrected chi connectivity index (χ1v) is 8.33. The van der Waals surface area contributed by atoms with Crippen LogP contribution in [0.15, 0.2) is 30.5 Å². The lowest BCUT2D eigenvalue weighted by molar-refractivity contribution is 0.204. The van der Waals surface area contributed by atoms with Gasteiger partial charge in [-0.15, -0.1) is 0 Å². The minimum absolute atomic E-state index is 0.0710. The number of urea groups is 1. The van der Waals surface area contributed by atoms with Crippen LogP contribution >= 0.6 is 11.6 Å². The summed E-state index contributed by atoms with van der Waals surface area (Å²) >= 11 is 6.22. The second-order valence-electron chi connectivity index (χ2n) is 5.84. The van der Waals surface area contributed by atoms with Crippen molar-refractivity contribution in [3.05, 3.63) is 46.7 Å². The third-order valence-corrected chi connectivity index (χ3v) is 4.58. The first-order chi connectivity index (χ1) is 11.1. The van der Waals surface area contributed by atoms with Gasteiger partial charge in [-0.05, 0) is 50.5 Å². The summed E-state index contributed by atoms with van der Waals surface area (Å²) in [4.78, 5) is 14.6. The monoisotopic (exact) mass is 332 g/mol. The number of hydrogen-bond donors (Lipinski definition) is 1. The number of aromatic nitrogens is 2. The molecular weight excluding hydrogens is 312 g/mol. The van der Waals surface area contributed by atoms with Crippen LogP contribution in [-0.2, 0) is 6.54 Å². The van der Waals surface area contributed by atoms with Gasteiger partial charge in [-0.2, -0.15) is 5.10 Å². The Balaban J connectivity index is 1.78. The minimum atomic E-state index is -0.109. The molecule has 3 rings (SSSR count). The van der Waals surface area contributed by atoms with E-state index in [1.165, 1.54) is 0 Å². The molecule has 0 aliphatic carbocycles. The van der Waals surface area contributed by atoms with Gasteiger partial charge >= 0.3 is 6.03 Å². The number of aryl methyl sites for hydroxylation is 2. The summed E-state index contributed by atoms with van der Waals surface area (Å²) in [6.45, 7) is 5.58. The topological polar surface area (TPSA) is 50.2 Å². The van der Waals surface area contributed by atoms with Crippen molar-refractivity contribution in [1.29, 1.82) is 0 Å². The van der Waals surface area contributed by atoms with E-state index in [1.54, 1.807) is 6.20 Å². The zero-order chi connectivity index (χ0) is 16.4. The van der Waals surface area contributed by atoms with Crippen LogP contribution in [0, 0.1) is 6.92 Å². The highest BCUT2D eigenvalue weighted by atomic mass is 35.5. The molecule has 1 atom stereocenters. The number of benzene rings is 1. The molecule has 122 valence electrons. The molecule has 1 aromatic carbocycles. The van der Waals surface area contributed by atoms with Crippen molar-refractivity contribution in [3.8, 4) is 0 Å². The molecule has 0 saturated carbocycles. The van der Waals surface area contributed by atoms with E-state index >= 15 is 0 Å². The molecule has 0 radical (unpaired) electrons. The van der Waals surface area contributed by atoms with E-state index < -0.39 is 0 Å². The average Bonchev–Trinajstić information content (AvgIpc) is 3.17. The molecule has 1 aliphatic rings. The molecule has 2 aromatic rings. The third-order valence-electron chi connectivity index (χ3n) is 4.27. The van der Waals surface area contributed by atoms with E-state index in [1.807, 2.05) is 40.8 Å². The Labute approximate surface area is 141 Å². The van der Waals surface area contributed by atoms with Gasteiger partial charge in [0.15, 0.2) is 0 Å². The zero-order valence-electron chi connectivity index (χ0n) is 13.4. The van der Waals surface area contributed by atoms with Crippen molar-refractivity contribution in [2.24, 2.45) is 0 Å². The summed E-state index contributed by atoms with van der Waals surface area (Å²) in [5, 5.41) is 7.81. The van der Waals surface area contributed by atoms with E-state index in [0.717, 1.165) is 37.2 Å². The Morgan fingerprint density at radius 3 is 3.00 bits per heavy atom. The van der Waals surface area contributed by atoms with Crippen LogP contribution < -0.4 is 5.32 Å². The Morgan fingerprint density at radius 1 is 1.43 bits per heavy atom. The summed E-state index contributed by atoms with van der Waals surface area (Å²) < 4.78 is 1.95. The van der Waals surface area contributed by atoms with E-state index in [2.05, 4.69) is 17.3 Å². The number of rotatable bonds is 3. The molecule has 5 nitrogen and oxygen atoms in total. The van der Waals surface area contributed by atoms with Crippen molar-refractivity contribution in [2.45, 2.75) is 39.3 Å². The molecular formula is C17H21ClN4O. The van der Waals surface area contributed by atoms with Crippen molar-refractivity contribution >= 4 is 23.3 Å². The number of anilines is 1. The fraction of sp³-hybridized carbons (Fsp3) is 0.412. The molecule has 6 heteroatoms. The fourth-order valence-electron chi connectivity index (χ4n) is 3.12. The van der Waals surface area contributed by atoms with Crippen LogP contribution in [-0.4, -0.2) is 27.3 Å². The number of amides is 2. The number of hydrogen-bond acceptors (Lipinski definition) is 2. The Morgan fingerprint density at radius 2 is 2.26 bits per heavy atom. The molecule has 0 bridgehead atoms. The normalized spacial score (nSPS) is 17.5. The van der Waals surface area contributed by atoms with Gasteiger partial charge in [-0.25, -0.2) is 4.79 Å². The fourth-order valence-corrected chi connectivity index (χ4v) is 3.40. The van der Waals surface area contributed by atoms with Gasteiger partial charge in [0.2, 0.25) is 0 Å². The summed E-state index contributed by atoms with van der Waals surface area (Å²) in [5.74, 6) is 0. The number of nitrogens with zero attached hydrogens (tertiary/aromatic N) is 3. The standard InChI is InChI=1S/C17H21ClN4O/c1-3-22-16(8-9-19-22)15-5-4-10-21(15)17(23)20-14-7-6-12(2)11-13(14)18/h6-9,11,15H,3-5,10H2,1-2H3,(H,20,23). The summed E-state index contributed by atoms with van der Waals surface area (Å²) in [5.41, 5.74) is 2.81. The minimum Gasteiger partial charge on any atom is -0.316 e. The molecule has 1 fully saturated rings. The van der Waals surface area contributed by atoms with Gasteiger partial charge in [-0.3, -0.25) is 4.68 Å². The highest BCUT2D eigenvalue weighted by Crippen LogP contribution is 2.33. The first kappa shape index (κ1) is 15.9. The van der Waals surface area contributed by atoms with Crippen molar-refractivity contribution in [1.82, 2.24) is 14.7 Å². The summed E-state index contributed by atoms with van der Waals surface area (Å²) in [6.07, 6.45) is 3.75. The largest absolute Gasteiger partial charge is 0.322 e. The molecule has 1 N–H and O–H groups in total. The first-order valence-electron chi connectivity index (χ1n) is 7.95. The highest BCUT2D eigenvalue weighted by molar-refractivity contribution is 6.33. The second-order valence-corrected chi connectivity index (χ2v) is 6.24. The van der Waals surface area contributed by atoms with Crippen LogP contribution in [0.25, 0.3) is 0 Å². The van der Waals surface area contributed by atoms with Crippen LogP contribution in [0.3, 0.4) is 0 Å². The van der Waals surface area contributed by atoms with Crippen LogP contribution in [0.1, 0.15) is 37.1 Å². The van der Waals surface area contributed by atoms with Gasteiger partial charge in [-0.1, -0.05) is 17.7 Å². The Bertz CT molecular complexity index is 712. The highest BCUT2D eigenvalue weighted by Gasteiger charge is 2.32. The Kier molecular flexibility index (Phi) is 4.57. The van der Waals surface area contributed by atoms with E-state index in [-0.39, 0.29) is 12.1 Å².